The Kier molecular flexibility index (Phi) is 7.96. The molecule has 2 aromatic carbocycles. The molecule has 9 heteroatoms. The molecule has 31 heavy (non-hydrogen) atoms. The maximum atomic E-state index is 13.5. The minimum atomic E-state index is -0.588. The molecule has 0 atom stereocenters. The zero-order valence-electron chi connectivity index (χ0n) is 16.4. The van der Waals surface area contributed by atoms with Crippen molar-refractivity contribution >= 4 is 46.8 Å². The molecular weight excluding hydrogens is 466 g/mol. The van der Waals surface area contributed by atoms with E-state index in [-0.39, 0.29) is 25.5 Å². The standard InChI is InChI=1S/C22H18Cl3FN2O3/c1-14-15(22(25)28(27-14)13-16-17(23)5-4-6-18(16)24)9-10-21(29)31-12-11-30-20-8-3-2-7-19(20)26/h2-10H,11-13H2,1H3. The Bertz CT molecular complexity index is 1100. The van der Waals surface area contributed by atoms with E-state index in [1.165, 1.54) is 24.3 Å². The third-order valence-corrected chi connectivity index (χ3v) is 5.39. The molecule has 1 aromatic heterocycles. The van der Waals surface area contributed by atoms with Gasteiger partial charge in [0, 0.05) is 27.2 Å². The van der Waals surface area contributed by atoms with Gasteiger partial charge < -0.3 is 9.47 Å². The lowest BCUT2D eigenvalue weighted by Gasteiger charge is -2.08. The highest BCUT2D eigenvalue weighted by Crippen LogP contribution is 2.28. The lowest BCUT2D eigenvalue weighted by molar-refractivity contribution is -0.138. The molecule has 0 bridgehead atoms. The predicted molar refractivity (Wildman–Crippen MR) is 119 cm³/mol. The third kappa shape index (κ3) is 6.00. The number of hydrogen-bond donors (Lipinski definition) is 0. The largest absolute Gasteiger partial charge is 0.487 e. The number of rotatable bonds is 8. The van der Waals surface area contributed by atoms with Crippen LogP contribution in [0.4, 0.5) is 4.39 Å². The SMILES string of the molecule is Cc1nn(Cc2c(Cl)cccc2Cl)c(Cl)c1C=CC(=O)OCCOc1ccccc1F. The fraction of sp³-hybridized carbons (Fsp3) is 0.182. The second kappa shape index (κ2) is 10.7. The van der Waals surface area contributed by atoms with Crippen molar-refractivity contribution < 1.29 is 18.7 Å². The summed E-state index contributed by atoms with van der Waals surface area (Å²) in [5.74, 6) is -0.967. The molecule has 5 nitrogen and oxygen atoms in total. The molecule has 0 unspecified atom stereocenters. The Morgan fingerprint density at radius 1 is 1.10 bits per heavy atom. The van der Waals surface area contributed by atoms with Crippen LogP contribution < -0.4 is 4.74 Å². The van der Waals surface area contributed by atoms with Crippen LogP contribution in [0.3, 0.4) is 0 Å². The number of hydrogen-bond acceptors (Lipinski definition) is 4. The quantitative estimate of drug-likeness (QED) is 0.225. The van der Waals surface area contributed by atoms with Gasteiger partial charge in [-0.15, -0.1) is 0 Å². The monoisotopic (exact) mass is 482 g/mol. The zero-order valence-corrected chi connectivity index (χ0v) is 18.7. The highest BCUT2D eigenvalue weighted by Gasteiger charge is 2.15. The number of aromatic nitrogens is 2. The van der Waals surface area contributed by atoms with Gasteiger partial charge in [-0.1, -0.05) is 53.0 Å². The van der Waals surface area contributed by atoms with E-state index >= 15 is 0 Å². The number of ether oxygens (including phenoxy) is 2. The van der Waals surface area contributed by atoms with E-state index in [0.29, 0.717) is 32.0 Å². The van der Waals surface area contributed by atoms with Gasteiger partial charge in [-0.3, -0.25) is 0 Å². The second-order valence-corrected chi connectivity index (χ2v) is 7.60. The van der Waals surface area contributed by atoms with Crippen LogP contribution in [0.15, 0.2) is 48.5 Å². The van der Waals surface area contributed by atoms with Crippen molar-refractivity contribution in [1.82, 2.24) is 9.78 Å². The van der Waals surface area contributed by atoms with Gasteiger partial charge in [-0.2, -0.15) is 5.10 Å². The zero-order chi connectivity index (χ0) is 22.4. The fourth-order valence-corrected chi connectivity index (χ4v) is 3.56. The molecule has 1 heterocycles. The van der Waals surface area contributed by atoms with E-state index in [1.807, 2.05) is 0 Å². The van der Waals surface area contributed by atoms with Crippen LogP contribution in [0.2, 0.25) is 15.2 Å². The summed E-state index contributed by atoms with van der Waals surface area (Å²) in [5, 5.41) is 5.74. The minimum absolute atomic E-state index is 0.0246. The lowest BCUT2D eigenvalue weighted by atomic mass is 10.2. The van der Waals surface area contributed by atoms with Crippen LogP contribution in [-0.2, 0) is 16.1 Å². The van der Waals surface area contributed by atoms with Gasteiger partial charge in [0.25, 0.3) is 0 Å². The molecule has 0 N–H and O–H groups in total. The number of carbonyl (C=O) groups excluding carboxylic acids is 1. The molecule has 0 spiro atoms. The summed E-state index contributed by atoms with van der Waals surface area (Å²) in [5.41, 5.74) is 1.89. The number of aryl methyl sites for hydroxylation is 1. The molecule has 0 aliphatic heterocycles. The van der Waals surface area contributed by atoms with Crippen LogP contribution in [-0.4, -0.2) is 29.0 Å². The number of halogens is 4. The van der Waals surface area contributed by atoms with E-state index in [0.717, 1.165) is 0 Å². The Hall–Kier alpha value is -2.54. The van der Waals surface area contributed by atoms with Crippen molar-refractivity contribution in [2.75, 3.05) is 13.2 Å². The van der Waals surface area contributed by atoms with Gasteiger partial charge in [-0.25, -0.2) is 13.9 Å². The van der Waals surface area contributed by atoms with E-state index in [4.69, 9.17) is 44.3 Å². The highest BCUT2D eigenvalue weighted by molar-refractivity contribution is 6.36. The van der Waals surface area contributed by atoms with Gasteiger partial charge in [0.2, 0.25) is 0 Å². The van der Waals surface area contributed by atoms with Crippen LogP contribution >= 0.6 is 34.8 Å². The van der Waals surface area contributed by atoms with Crippen LogP contribution in [0.25, 0.3) is 6.08 Å². The van der Waals surface area contributed by atoms with Crippen molar-refractivity contribution in [1.29, 1.82) is 0 Å². The van der Waals surface area contributed by atoms with E-state index in [1.54, 1.807) is 41.9 Å². The van der Waals surface area contributed by atoms with Gasteiger partial charge in [0.05, 0.1) is 12.2 Å². The minimum Gasteiger partial charge on any atom is -0.487 e. The summed E-state index contributed by atoms with van der Waals surface area (Å²) >= 11 is 18.9. The van der Waals surface area contributed by atoms with Crippen molar-refractivity contribution in [3.8, 4) is 5.75 Å². The van der Waals surface area contributed by atoms with Gasteiger partial charge in [0.15, 0.2) is 11.6 Å². The lowest BCUT2D eigenvalue weighted by Crippen LogP contribution is -2.10. The van der Waals surface area contributed by atoms with Crippen molar-refractivity contribution in [2.24, 2.45) is 0 Å². The van der Waals surface area contributed by atoms with Crippen molar-refractivity contribution in [3.05, 3.63) is 86.4 Å². The number of para-hydroxylation sites is 1. The summed E-state index contributed by atoms with van der Waals surface area (Å²) in [7, 11) is 0. The smallest absolute Gasteiger partial charge is 0.330 e. The molecule has 0 saturated heterocycles. The molecule has 0 saturated carbocycles. The number of esters is 1. The first kappa shape index (κ1) is 23.1. The molecular formula is C22H18Cl3FN2O3. The Morgan fingerprint density at radius 2 is 1.81 bits per heavy atom. The predicted octanol–water partition coefficient (Wildman–Crippen LogP) is 5.97. The molecule has 0 radical (unpaired) electrons. The van der Waals surface area contributed by atoms with Crippen molar-refractivity contribution in [3.63, 3.8) is 0 Å². The summed E-state index contributed by atoms with van der Waals surface area (Å²) in [6, 6.07) is 11.2. The first-order valence-corrected chi connectivity index (χ1v) is 10.4. The maximum absolute atomic E-state index is 13.5. The second-order valence-electron chi connectivity index (χ2n) is 6.43. The van der Waals surface area contributed by atoms with E-state index in [2.05, 4.69) is 5.10 Å². The average molecular weight is 484 g/mol. The highest BCUT2D eigenvalue weighted by atomic mass is 35.5. The van der Waals surface area contributed by atoms with Crippen LogP contribution in [0.1, 0.15) is 16.8 Å². The first-order chi connectivity index (χ1) is 14.9. The molecule has 3 rings (SSSR count). The normalized spacial score (nSPS) is 11.1. The average Bonchev–Trinajstić information content (AvgIpc) is 3.00. The Balaban J connectivity index is 1.58. The van der Waals surface area contributed by atoms with Crippen LogP contribution in [0, 0.1) is 12.7 Å². The summed E-state index contributed by atoms with van der Waals surface area (Å²) in [6.45, 7) is 2.04. The van der Waals surface area contributed by atoms with Gasteiger partial charge in [0.1, 0.15) is 18.4 Å². The molecule has 162 valence electrons. The van der Waals surface area contributed by atoms with E-state index in [9.17, 15) is 9.18 Å². The Labute approximate surface area is 193 Å². The third-order valence-electron chi connectivity index (χ3n) is 4.29. The molecule has 3 aromatic rings. The molecule has 0 aliphatic rings. The summed E-state index contributed by atoms with van der Waals surface area (Å²) < 4.78 is 25.3. The van der Waals surface area contributed by atoms with Gasteiger partial charge >= 0.3 is 5.97 Å². The first-order valence-electron chi connectivity index (χ1n) is 9.24. The van der Waals surface area contributed by atoms with Crippen LogP contribution in [0.5, 0.6) is 5.75 Å². The molecule has 0 aliphatic carbocycles. The van der Waals surface area contributed by atoms with Crippen molar-refractivity contribution in [2.45, 2.75) is 13.5 Å². The fourth-order valence-electron chi connectivity index (χ4n) is 2.75. The molecule has 0 fully saturated rings. The number of benzene rings is 2. The molecule has 0 amide bonds. The van der Waals surface area contributed by atoms with Gasteiger partial charge in [-0.05, 0) is 37.3 Å². The number of carbonyl (C=O) groups is 1. The number of nitrogens with zero attached hydrogens (tertiary/aromatic N) is 2. The maximum Gasteiger partial charge on any atom is 0.330 e. The summed E-state index contributed by atoms with van der Waals surface area (Å²) in [6.07, 6.45) is 2.77. The van der Waals surface area contributed by atoms with E-state index < -0.39 is 11.8 Å². The topological polar surface area (TPSA) is 53.4 Å². The summed E-state index contributed by atoms with van der Waals surface area (Å²) in [4.78, 5) is 12.0. The Morgan fingerprint density at radius 3 is 2.52 bits per heavy atom.